The number of anilines is 1. The Morgan fingerprint density at radius 2 is 2.17 bits per heavy atom. The highest BCUT2D eigenvalue weighted by Crippen LogP contribution is 2.26. The van der Waals surface area contributed by atoms with Gasteiger partial charge in [-0.15, -0.1) is 0 Å². The molecule has 3 amide bonds. The van der Waals surface area contributed by atoms with Gasteiger partial charge in [-0.3, -0.25) is 4.79 Å². The van der Waals surface area contributed by atoms with E-state index in [-0.39, 0.29) is 30.1 Å². The molecule has 3 atom stereocenters. The van der Waals surface area contributed by atoms with Gasteiger partial charge in [0.2, 0.25) is 5.91 Å². The fraction of sp³-hybridized carbons (Fsp3) is 0.529. The van der Waals surface area contributed by atoms with Gasteiger partial charge in [-0.25, -0.2) is 4.79 Å². The number of hydrogen-bond acceptors (Lipinski definition) is 3. The van der Waals surface area contributed by atoms with E-state index in [1.165, 1.54) is 0 Å². The molecule has 0 bridgehead atoms. The minimum absolute atomic E-state index is 0.00783. The molecule has 3 N–H and O–H groups in total. The molecule has 0 aromatic heterocycles. The van der Waals surface area contributed by atoms with Gasteiger partial charge in [0.15, 0.2) is 0 Å². The van der Waals surface area contributed by atoms with Crippen molar-refractivity contribution in [1.82, 2.24) is 10.6 Å². The molecule has 1 aromatic carbocycles. The summed E-state index contributed by atoms with van der Waals surface area (Å²) in [4.78, 5) is 23.5. The summed E-state index contributed by atoms with van der Waals surface area (Å²) in [7, 11) is 0. The third-order valence-electron chi connectivity index (χ3n) is 4.48. The zero-order valence-corrected chi connectivity index (χ0v) is 13.5. The Balaban J connectivity index is 1.56. The highest BCUT2D eigenvalue weighted by Gasteiger charge is 2.24. The average molecular weight is 317 g/mol. The minimum Gasteiger partial charge on any atom is -0.376 e. The number of rotatable bonds is 4. The molecule has 2 aliphatic rings. The number of fused-ring (bicyclic) bond motifs is 1. The second kappa shape index (κ2) is 6.58. The van der Waals surface area contributed by atoms with Gasteiger partial charge in [0.1, 0.15) is 0 Å². The van der Waals surface area contributed by atoms with Gasteiger partial charge in [0, 0.05) is 12.3 Å². The third-order valence-corrected chi connectivity index (χ3v) is 4.48. The van der Waals surface area contributed by atoms with Crippen LogP contribution in [0.25, 0.3) is 0 Å². The van der Waals surface area contributed by atoms with Crippen LogP contribution in [0.3, 0.4) is 0 Å². The van der Waals surface area contributed by atoms with Crippen molar-refractivity contribution in [2.75, 3.05) is 11.9 Å². The molecule has 6 heteroatoms. The van der Waals surface area contributed by atoms with Crippen molar-refractivity contribution in [3.05, 3.63) is 29.3 Å². The summed E-state index contributed by atoms with van der Waals surface area (Å²) in [5.74, 6) is 0.0147. The van der Waals surface area contributed by atoms with Gasteiger partial charge in [0.05, 0.1) is 24.6 Å². The van der Waals surface area contributed by atoms with E-state index >= 15 is 0 Å². The van der Waals surface area contributed by atoms with Crippen LogP contribution in [0.1, 0.15) is 43.9 Å². The molecule has 2 heterocycles. The lowest BCUT2D eigenvalue weighted by Crippen LogP contribution is -2.46. The highest BCUT2D eigenvalue weighted by molar-refractivity contribution is 5.99. The van der Waals surface area contributed by atoms with Crippen LogP contribution in [0.5, 0.6) is 0 Å². The van der Waals surface area contributed by atoms with Crippen LogP contribution in [-0.4, -0.2) is 30.7 Å². The van der Waals surface area contributed by atoms with Crippen LogP contribution < -0.4 is 16.0 Å². The number of nitrogens with one attached hydrogen (secondary N) is 3. The molecule has 0 unspecified atom stereocenters. The van der Waals surface area contributed by atoms with Crippen molar-refractivity contribution in [3.63, 3.8) is 0 Å². The average Bonchev–Trinajstić information content (AvgIpc) is 3.14. The van der Waals surface area contributed by atoms with Crippen molar-refractivity contribution >= 4 is 17.6 Å². The fourth-order valence-corrected chi connectivity index (χ4v) is 3.14. The number of amides is 3. The summed E-state index contributed by atoms with van der Waals surface area (Å²) in [6, 6.07) is 5.45. The van der Waals surface area contributed by atoms with Crippen molar-refractivity contribution < 1.29 is 14.3 Å². The van der Waals surface area contributed by atoms with Crippen molar-refractivity contribution in [2.24, 2.45) is 0 Å². The summed E-state index contributed by atoms with van der Waals surface area (Å²) in [6.07, 6.45) is 2.55. The van der Waals surface area contributed by atoms with E-state index in [4.69, 9.17) is 4.74 Å². The number of carbonyl (C=O) groups is 2. The monoisotopic (exact) mass is 317 g/mol. The molecule has 1 aromatic rings. The van der Waals surface area contributed by atoms with Crippen LogP contribution in [0, 0.1) is 0 Å². The Morgan fingerprint density at radius 3 is 2.91 bits per heavy atom. The molecule has 6 nitrogen and oxygen atoms in total. The van der Waals surface area contributed by atoms with E-state index in [0.717, 1.165) is 36.3 Å². The molecule has 0 radical (unpaired) electrons. The minimum atomic E-state index is -0.199. The van der Waals surface area contributed by atoms with Gasteiger partial charge < -0.3 is 20.7 Å². The van der Waals surface area contributed by atoms with Crippen molar-refractivity contribution in [2.45, 2.75) is 51.3 Å². The molecular formula is C17H23N3O3. The zero-order chi connectivity index (χ0) is 16.4. The number of carbonyl (C=O) groups excluding carboxylic acids is 2. The van der Waals surface area contributed by atoms with Crippen LogP contribution in [0.4, 0.5) is 10.5 Å². The molecule has 124 valence electrons. The number of benzene rings is 1. The molecule has 0 aliphatic carbocycles. The van der Waals surface area contributed by atoms with E-state index in [9.17, 15) is 9.59 Å². The number of ether oxygens (including phenoxy) is 1. The molecule has 0 spiro atoms. The largest absolute Gasteiger partial charge is 0.376 e. The van der Waals surface area contributed by atoms with Gasteiger partial charge in [0.25, 0.3) is 0 Å². The Kier molecular flexibility index (Phi) is 4.52. The third kappa shape index (κ3) is 3.64. The van der Waals surface area contributed by atoms with Gasteiger partial charge in [-0.1, -0.05) is 12.1 Å². The Morgan fingerprint density at radius 1 is 1.35 bits per heavy atom. The maximum absolute atomic E-state index is 12.1. The van der Waals surface area contributed by atoms with Gasteiger partial charge >= 0.3 is 6.03 Å². The maximum Gasteiger partial charge on any atom is 0.315 e. The summed E-state index contributed by atoms with van der Waals surface area (Å²) in [6.45, 7) is 4.67. The zero-order valence-electron chi connectivity index (χ0n) is 13.5. The van der Waals surface area contributed by atoms with E-state index in [2.05, 4.69) is 16.0 Å². The molecule has 1 saturated heterocycles. The van der Waals surface area contributed by atoms with Crippen LogP contribution in [0.2, 0.25) is 0 Å². The van der Waals surface area contributed by atoms with Crippen LogP contribution in [-0.2, 0) is 16.0 Å². The molecular weight excluding hydrogens is 294 g/mol. The molecule has 0 saturated carbocycles. The number of hydrogen-bond donors (Lipinski definition) is 3. The second-order valence-electron chi connectivity index (χ2n) is 6.32. The van der Waals surface area contributed by atoms with Crippen LogP contribution >= 0.6 is 0 Å². The lowest BCUT2D eigenvalue weighted by atomic mass is 10.0. The fourth-order valence-electron chi connectivity index (χ4n) is 3.14. The van der Waals surface area contributed by atoms with Crippen LogP contribution in [0.15, 0.2) is 18.2 Å². The normalized spacial score (nSPS) is 22.2. The lowest BCUT2D eigenvalue weighted by Gasteiger charge is -2.22. The van der Waals surface area contributed by atoms with Gasteiger partial charge in [-0.05, 0) is 43.9 Å². The predicted octanol–water partition coefficient (Wildman–Crippen LogP) is 2.11. The first-order valence-corrected chi connectivity index (χ1v) is 8.14. The standard InChI is InChI=1S/C17H23N3O3/c1-10(12-5-6-14-13(8-12)9-16(21)20-14)18-17(22)19-11(2)15-4-3-7-23-15/h5-6,8,10-11,15H,3-4,7,9H2,1-2H3,(H,20,21)(H2,18,19,22)/t10-,11+,15-/m0/s1. The molecule has 23 heavy (non-hydrogen) atoms. The lowest BCUT2D eigenvalue weighted by molar-refractivity contribution is -0.115. The maximum atomic E-state index is 12.1. The summed E-state index contributed by atoms with van der Waals surface area (Å²) in [5, 5.41) is 8.69. The first-order valence-electron chi connectivity index (χ1n) is 8.14. The Bertz CT molecular complexity index is 611. The summed E-state index contributed by atoms with van der Waals surface area (Å²) < 4.78 is 5.58. The topological polar surface area (TPSA) is 79.5 Å². The first kappa shape index (κ1) is 15.8. The first-order chi connectivity index (χ1) is 11.0. The van der Waals surface area contributed by atoms with E-state index in [1.54, 1.807) is 0 Å². The summed E-state index contributed by atoms with van der Waals surface area (Å²) >= 11 is 0. The quantitative estimate of drug-likeness (QED) is 0.796. The Hall–Kier alpha value is -2.08. The Labute approximate surface area is 136 Å². The molecule has 2 aliphatic heterocycles. The van der Waals surface area contributed by atoms with Crippen molar-refractivity contribution in [1.29, 1.82) is 0 Å². The second-order valence-corrected chi connectivity index (χ2v) is 6.32. The predicted molar refractivity (Wildman–Crippen MR) is 87.3 cm³/mol. The van der Waals surface area contributed by atoms with Crippen molar-refractivity contribution in [3.8, 4) is 0 Å². The SMILES string of the molecule is C[C@H](NC(=O)N[C@H](C)[C@@H]1CCCO1)c1ccc2c(c1)CC(=O)N2. The molecule has 3 rings (SSSR count). The van der Waals surface area contributed by atoms with E-state index in [0.29, 0.717) is 6.42 Å². The van der Waals surface area contributed by atoms with E-state index in [1.807, 2.05) is 32.0 Å². The highest BCUT2D eigenvalue weighted by atomic mass is 16.5. The smallest absolute Gasteiger partial charge is 0.315 e. The number of urea groups is 1. The van der Waals surface area contributed by atoms with E-state index < -0.39 is 0 Å². The molecule has 1 fully saturated rings. The van der Waals surface area contributed by atoms with Gasteiger partial charge in [-0.2, -0.15) is 0 Å². The summed E-state index contributed by atoms with van der Waals surface area (Å²) in [5.41, 5.74) is 2.83.